The summed E-state index contributed by atoms with van der Waals surface area (Å²) in [5, 5.41) is 0. The van der Waals surface area contributed by atoms with Crippen LogP contribution in [0.1, 0.15) is 0 Å². The van der Waals surface area contributed by atoms with Crippen LogP contribution >= 0.6 is 0 Å². The molecule has 0 aliphatic heterocycles. The second-order valence-electron chi connectivity index (χ2n) is 1.79. The minimum atomic E-state index is -4.00. The maximum absolute atomic E-state index is 10.4. The van der Waals surface area contributed by atoms with E-state index in [1.807, 2.05) is 0 Å². The number of hydrogen-bond acceptors (Lipinski definition) is 2. The summed E-state index contributed by atoms with van der Waals surface area (Å²) in [4.78, 5) is -0.0741. The quantitative estimate of drug-likeness (QED) is 0.524. The second-order valence-corrected chi connectivity index (χ2v) is 3.21. The Kier molecular flexibility index (Phi) is 8.53. The fourth-order valence-electron chi connectivity index (χ4n) is 0.592. The topological polar surface area (TPSA) is 54.4 Å². The van der Waals surface area contributed by atoms with Gasteiger partial charge in [0.2, 0.25) is 0 Å². The Hall–Kier alpha value is 1.13. The second kappa shape index (κ2) is 6.56. The van der Waals surface area contributed by atoms with Crippen LogP contribution in [0, 0.1) is 0 Å². The van der Waals surface area contributed by atoms with Crippen LogP contribution < -0.4 is 0 Å². The normalized spacial score (nSPS) is 9.42. The van der Waals surface area contributed by atoms with Crippen LogP contribution in [0.4, 0.5) is 0 Å². The molecule has 1 N–H and O–H groups in total. The molecule has 1 aromatic carbocycles. The molecule has 0 aromatic heterocycles. The molecule has 0 atom stereocenters. The van der Waals surface area contributed by atoms with Gasteiger partial charge in [-0.15, -0.1) is 0 Å². The van der Waals surface area contributed by atoms with E-state index in [4.69, 9.17) is 4.55 Å². The Morgan fingerprint density at radius 2 is 1.42 bits per heavy atom. The number of hydrogen-bond donors (Lipinski definition) is 1. The van der Waals surface area contributed by atoms with Gasteiger partial charge in [-0.2, -0.15) is 8.42 Å². The standard InChI is InChI=1S/C6H6O3S.2Na/c7-10(8,9)6-4-2-1-3-5-6;;/h1-5H,(H,7,8,9);;. The molecule has 0 unspecified atom stereocenters. The van der Waals surface area contributed by atoms with Crippen molar-refractivity contribution in [3.8, 4) is 0 Å². The fraction of sp³-hybridized carbons (Fsp3) is 0. The van der Waals surface area contributed by atoms with Crippen molar-refractivity contribution >= 4 is 69.2 Å². The van der Waals surface area contributed by atoms with Gasteiger partial charge in [0, 0.05) is 59.1 Å². The van der Waals surface area contributed by atoms with Crippen molar-refractivity contribution in [2.45, 2.75) is 4.90 Å². The first kappa shape index (κ1) is 15.6. The maximum Gasteiger partial charge on any atom is 0.294 e. The van der Waals surface area contributed by atoms with Crippen molar-refractivity contribution in [3.63, 3.8) is 0 Å². The molecule has 0 saturated heterocycles. The first-order chi connectivity index (χ1) is 4.61. The Morgan fingerprint density at radius 3 is 1.67 bits per heavy atom. The van der Waals surface area contributed by atoms with E-state index in [9.17, 15) is 8.42 Å². The van der Waals surface area contributed by atoms with Crippen LogP contribution in [0.2, 0.25) is 0 Å². The molecular weight excluding hydrogens is 198 g/mol. The summed E-state index contributed by atoms with van der Waals surface area (Å²) >= 11 is 0. The molecule has 1 aromatic rings. The molecule has 0 bridgehead atoms. The third-order valence-electron chi connectivity index (χ3n) is 1.04. The van der Waals surface area contributed by atoms with Crippen LogP contribution in [0.25, 0.3) is 0 Å². The van der Waals surface area contributed by atoms with Gasteiger partial charge in [0.1, 0.15) is 0 Å². The minimum Gasteiger partial charge on any atom is -0.282 e. The summed E-state index contributed by atoms with van der Waals surface area (Å²) in [5.74, 6) is 0. The van der Waals surface area contributed by atoms with Crippen LogP contribution in [-0.4, -0.2) is 72.1 Å². The molecule has 6 heteroatoms. The smallest absolute Gasteiger partial charge is 0.282 e. The van der Waals surface area contributed by atoms with Gasteiger partial charge in [-0.05, 0) is 12.1 Å². The van der Waals surface area contributed by atoms with E-state index in [0.717, 1.165) is 0 Å². The van der Waals surface area contributed by atoms with Crippen molar-refractivity contribution in [3.05, 3.63) is 30.3 Å². The van der Waals surface area contributed by atoms with Crippen molar-refractivity contribution in [2.24, 2.45) is 0 Å². The molecule has 0 heterocycles. The largest absolute Gasteiger partial charge is 0.294 e. The fourth-order valence-corrected chi connectivity index (χ4v) is 1.09. The summed E-state index contributed by atoms with van der Waals surface area (Å²) in [7, 11) is -4.00. The van der Waals surface area contributed by atoms with Gasteiger partial charge < -0.3 is 0 Å². The Labute approximate surface area is 116 Å². The molecule has 0 saturated carbocycles. The molecule has 0 aliphatic carbocycles. The van der Waals surface area contributed by atoms with Gasteiger partial charge in [0.25, 0.3) is 10.1 Å². The van der Waals surface area contributed by atoms with E-state index < -0.39 is 10.1 Å². The summed E-state index contributed by atoms with van der Waals surface area (Å²) < 4.78 is 29.2. The molecule has 0 amide bonds. The number of rotatable bonds is 1. The van der Waals surface area contributed by atoms with Crippen molar-refractivity contribution in [1.82, 2.24) is 0 Å². The summed E-state index contributed by atoms with van der Waals surface area (Å²) in [6, 6.07) is 7.42. The van der Waals surface area contributed by atoms with Crippen molar-refractivity contribution in [1.29, 1.82) is 0 Å². The Bertz CT molecular complexity index is 309. The summed E-state index contributed by atoms with van der Waals surface area (Å²) in [6.45, 7) is 0. The predicted molar refractivity (Wildman–Crippen MR) is 47.8 cm³/mol. The van der Waals surface area contributed by atoms with E-state index in [1.54, 1.807) is 18.2 Å². The van der Waals surface area contributed by atoms with Crippen LogP contribution in [0.15, 0.2) is 35.2 Å². The number of benzene rings is 1. The van der Waals surface area contributed by atoms with Gasteiger partial charge in [0.05, 0.1) is 4.90 Å². The predicted octanol–water partition coefficient (Wildman–Crippen LogP) is 0.172. The molecule has 0 spiro atoms. The zero-order valence-corrected chi connectivity index (χ0v) is 11.9. The van der Waals surface area contributed by atoms with Crippen molar-refractivity contribution in [2.75, 3.05) is 0 Å². The van der Waals surface area contributed by atoms with Gasteiger partial charge in [0.15, 0.2) is 0 Å². The van der Waals surface area contributed by atoms with E-state index >= 15 is 0 Å². The van der Waals surface area contributed by atoms with Gasteiger partial charge in [-0.1, -0.05) is 18.2 Å². The van der Waals surface area contributed by atoms with Gasteiger partial charge >= 0.3 is 0 Å². The zero-order chi connectivity index (χ0) is 7.61. The van der Waals surface area contributed by atoms with Gasteiger partial charge in [-0.25, -0.2) is 0 Å². The summed E-state index contributed by atoms with van der Waals surface area (Å²) in [5.41, 5.74) is 0. The Balaban J connectivity index is 0. The molecule has 0 aliphatic rings. The first-order valence-electron chi connectivity index (χ1n) is 2.63. The van der Waals surface area contributed by atoms with Gasteiger partial charge in [-0.3, -0.25) is 4.55 Å². The van der Waals surface area contributed by atoms with E-state index in [0.29, 0.717) is 0 Å². The summed E-state index contributed by atoms with van der Waals surface area (Å²) in [6.07, 6.45) is 0. The zero-order valence-electron chi connectivity index (χ0n) is 7.06. The maximum atomic E-state index is 10.4. The van der Waals surface area contributed by atoms with E-state index in [2.05, 4.69) is 0 Å². The molecule has 2 radical (unpaired) electrons. The van der Waals surface area contributed by atoms with E-state index in [1.165, 1.54) is 12.1 Å². The van der Waals surface area contributed by atoms with Crippen LogP contribution in [0.5, 0.6) is 0 Å². The molecule has 1 rings (SSSR count). The SMILES string of the molecule is O=S(=O)(O)c1ccccc1.[Na].[Na]. The minimum absolute atomic E-state index is 0. The average molecular weight is 204 g/mol. The third kappa shape index (κ3) is 4.99. The van der Waals surface area contributed by atoms with Crippen LogP contribution in [0.3, 0.4) is 0 Å². The van der Waals surface area contributed by atoms with E-state index in [-0.39, 0.29) is 64.0 Å². The molecule has 12 heavy (non-hydrogen) atoms. The molecule has 56 valence electrons. The first-order valence-corrected chi connectivity index (χ1v) is 4.07. The van der Waals surface area contributed by atoms with Crippen molar-refractivity contribution < 1.29 is 13.0 Å². The Morgan fingerprint density at radius 1 is 1.00 bits per heavy atom. The van der Waals surface area contributed by atoms with Crippen LogP contribution in [-0.2, 0) is 10.1 Å². The molecule has 0 fully saturated rings. The molecule has 3 nitrogen and oxygen atoms in total. The molecular formula is C6H6Na2O3S. The monoisotopic (exact) mass is 204 g/mol. The third-order valence-corrected chi connectivity index (χ3v) is 1.91. The average Bonchev–Trinajstić information content (AvgIpc) is 1.88.